The largest absolute Gasteiger partial charge is 0.390 e. The summed E-state index contributed by atoms with van der Waals surface area (Å²) in [5.41, 5.74) is 0.432. The molecule has 17 heavy (non-hydrogen) atoms. The highest BCUT2D eigenvalue weighted by molar-refractivity contribution is 9.10. The molecule has 0 aliphatic carbocycles. The smallest absolute Gasteiger partial charge is 0.137 e. The Kier molecular flexibility index (Phi) is 3.85. The van der Waals surface area contributed by atoms with Gasteiger partial charge in [0.15, 0.2) is 0 Å². The molecule has 4 heteroatoms. The van der Waals surface area contributed by atoms with Gasteiger partial charge in [-0.05, 0) is 47.3 Å². The highest BCUT2D eigenvalue weighted by Gasteiger charge is 2.27. The Balaban J connectivity index is 2.00. The highest BCUT2D eigenvalue weighted by atomic mass is 79.9. The lowest BCUT2D eigenvalue weighted by Crippen LogP contribution is -2.42. The lowest BCUT2D eigenvalue weighted by atomic mass is 9.93. The van der Waals surface area contributed by atoms with Crippen LogP contribution in [-0.4, -0.2) is 28.7 Å². The summed E-state index contributed by atoms with van der Waals surface area (Å²) in [6.45, 7) is 4.32. The molecule has 2 rings (SSSR count). The van der Waals surface area contributed by atoms with E-state index in [-0.39, 0.29) is 5.82 Å². The van der Waals surface area contributed by atoms with E-state index in [1.807, 2.05) is 13.0 Å². The van der Waals surface area contributed by atoms with Crippen molar-refractivity contribution in [2.45, 2.75) is 31.9 Å². The fourth-order valence-electron chi connectivity index (χ4n) is 2.10. The zero-order valence-corrected chi connectivity index (χ0v) is 11.5. The summed E-state index contributed by atoms with van der Waals surface area (Å²) in [5.74, 6) is -0.216. The first kappa shape index (κ1) is 13.0. The number of likely N-dealkylation sites (tertiary alicyclic amines) is 1. The van der Waals surface area contributed by atoms with Crippen LogP contribution < -0.4 is 0 Å². The minimum absolute atomic E-state index is 0.216. The predicted octanol–water partition coefficient (Wildman–Crippen LogP) is 2.94. The van der Waals surface area contributed by atoms with E-state index in [0.29, 0.717) is 4.47 Å². The lowest BCUT2D eigenvalue weighted by molar-refractivity contribution is -0.00736. The summed E-state index contributed by atoms with van der Waals surface area (Å²) in [6, 6.07) is 5.12. The number of benzene rings is 1. The zero-order valence-electron chi connectivity index (χ0n) is 9.92. The molecule has 1 aliphatic rings. The summed E-state index contributed by atoms with van der Waals surface area (Å²) < 4.78 is 13.9. The molecule has 0 amide bonds. The molecule has 1 heterocycles. The Hall–Kier alpha value is -0.450. The third kappa shape index (κ3) is 3.27. The molecule has 94 valence electrons. The molecule has 1 aliphatic heterocycles. The summed E-state index contributed by atoms with van der Waals surface area (Å²) in [5, 5.41) is 9.86. The molecule has 1 saturated heterocycles. The van der Waals surface area contributed by atoms with Gasteiger partial charge >= 0.3 is 0 Å². The van der Waals surface area contributed by atoms with Crippen LogP contribution in [0.2, 0.25) is 0 Å². The van der Waals surface area contributed by atoms with Crippen LogP contribution in [0.4, 0.5) is 4.39 Å². The second kappa shape index (κ2) is 5.04. The van der Waals surface area contributed by atoms with Crippen LogP contribution >= 0.6 is 15.9 Å². The van der Waals surface area contributed by atoms with Gasteiger partial charge in [-0.1, -0.05) is 12.1 Å². The molecule has 1 aromatic carbocycles. The highest BCUT2D eigenvalue weighted by Crippen LogP contribution is 2.25. The van der Waals surface area contributed by atoms with E-state index in [0.717, 1.165) is 38.0 Å². The van der Waals surface area contributed by atoms with Gasteiger partial charge in [0.05, 0.1) is 10.1 Å². The molecule has 0 unspecified atom stereocenters. The van der Waals surface area contributed by atoms with Crippen LogP contribution in [0.15, 0.2) is 22.7 Å². The number of hydrogen-bond acceptors (Lipinski definition) is 2. The van der Waals surface area contributed by atoms with Crippen molar-refractivity contribution in [1.82, 2.24) is 4.90 Å². The van der Waals surface area contributed by atoms with Gasteiger partial charge in [-0.3, -0.25) is 4.90 Å². The maximum Gasteiger partial charge on any atom is 0.137 e. The number of aliphatic hydroxyl groups is 1. The van der Waals surface area contributed by atoms with E-state index < -0.39 is 5.60 Å². The maximum absolute atomic E-state index is 13.4. The molecule has 0 spiro atoms. The molecule has 0 bridgehead atoms. The van der Waals surface area contributed by atoms with Crippen molar-refractivity contribution in [1.29, 1.82) is 0 Å². The van der Waals surface area contributed by atoms with Crippen LogP contribution in [0.5, 0.6) is 0 Å². The molecule has 1 fully saturated rings. The fourth-order valence-corrected chi connectivity index (χ4v) is 2.49. The Labute approximate surface area is 110 Å². The fraction of sp³-hybridized carbons (Fsp3) is 0.538. The van der Waals surface area contributed by atoms with Crippen LogP contribution in [0.25, 0.3) is 0 Å². The van der Waals surface area contributed by atoms with E-state index in [9.17, 15) is 9.50 Å². The van der Waals surface area contributed by atoms with Crippen molar-refractivity contribution in [3.05, 3.63) is 34.1 Å². The van der Waals surface area contributed by atoms with Crippen LogP contribution in [-0.2, 0) is 6.54 Å². The zero-order chi connectivity index (χ0) is 12.5. The van der Waals surface area contributed by atoms with Gasteiger partial charge in [0.25, 0.3) is 0 Å². The number of halogens is 2. The SMILES string of the molecule is CC1(O)CCN(Cc2cccc(F)c2Br)CC1. The van der Waals surface area contributed by atoms with Gasteiger partial charge in [0, 0.05) is 19.6 Å². The van der Waals surface area contributed by atoms with Crippen molar-refractivity contribution in [3.63, 3.8) is 0 Å². The Morgan fingerprint density at radius 2 is 2.06 bits per heavy atom. The standard InChI is InChI=1S/C13H17BrFNO/c1-13(17)5-7-16(8-6-13)9-10-3-2-4-11(15)12(10)14/h2-4,17H,5-9H2,1H3. The first-order valence-electron chi connectivity index (χ1n) is 5.85. The number of piperidine rings is 1. The summed E-state index contributed by atoms with van der Waals surface area (Å²) >= 11 is 3.28. The molecular formula is C13H17BrFNO. The molecule has 0 saturated carbocycles. The van der Waals surface area contributed by atoms with Gasteiger partial charge in [0.2, 0.25) is 0 Å². The van der Waals surface area contributed by atoms with E-state index in [4.69, 9.17) is 0 Å². The first-order chi connectivity index (χ1) is 7.98. The molecule has 1 aromatic rings. The van der Waals surface area contributed by atoms with Crippen molar-refractivity contribution in [3.8, 4) is 0 Å². The Morgan fingerprint density at radius 1 is 1.41 bits per heavy atom. The quantitative estimate of drug-likeness (QED) is 0.908. The van der Waals surface area contributed by atoms with Crippen molar-refractivity contribution >= 4 is 15.9 Å². The van der Waals surface area contributed by atoms with Gasteiger partial charge in [-0.2, -0.15) is 0 Å². The molecular weight excluding hydrogens is 285 g/mol. The maximum atomic E-state index is 13.4. The Morgan fingerprint density at radius 3 is 2.71 bits per heavy atom. The summed E-state index contributed by atoms with van der Waals surface area (Å²) in [7, 11) is 0. The van der Waals surface area contributed by atoms with Gasteiger partial charge < -0.3 is 5.11 Å². The van der Waals surface area contributed by atoms with Gasteiger partial charge in [-0.25, -0.2) is 4.39 Å². The first-order valence-corrected chi connectivity index (χ1v) is 6.65. The van der Waals surface area contributed by atoms with Crippen LogP contribution in [0.1, 0.15) is 25.3 Å². The number of hydrogen-bond donors (Lipinski definition) is 1. The molecule has 0 aromatic heterocycles. The summed E-state index contributed by atoms with van der Waals surface area (Å²) in [6.07, 6.45) is 1.56. The number of rotatable bonds is 2. The summed E-state index contributed by atoms with van der Waals surface area (Å²) in [4.78, 5) is 2.25. The van der Waals surface area contributed by atoms with Crippen LogP contribution in [0.3, 0.4) is 0 Å². The minimum Gasteiger partial charge on any atom is -0.390 e. The van der Waals surface area contributed by atoms with E-state index >= 15 is 0 Å². The lowest BCUT2D eigenvalue weighted by Gasteiger charge is -2.35. The third-order valence-corrected chi connectivity index (χ3v) is 4.25. The van der Waals surface area contributed by atoms with Crippen molar-refractivity contribution in [2.75, 3.05) is 13.1 Å². The molecule has 1 N–H and O–H groups in total. The third-order valence-electron chi connectivity index (χ3n) is 3.36. The monoisotopic (exact) mass is 301 g/mol. The second-order valence-electron chi connectivity index (χ2n) is 4.99. The van der Waals surface area contributed by atoms with Gasteiger partial charge in [-0.15, -0.1) is 0 Å². The number of nitrogens with zero attached hydrogens (tertiary/aromatic N) is 1. The second-order valence-corrected chi connectivity index (χ2v) is 5.78. The normalized spacial score (nSPS) is 20.5. The average molecular weight is 302 g/mol. The minimum atomic E-state index is -0.532. The van der Waals surface area contributed by atoms with Gasteiger partial charge in [0.1, 0.15) is 5.82 Å². The predicted molar refractivity (Wildman–Crippen MR) is 69.2 cm³/mol. The van der Waals surface area contributed by atoms with E-state index in [2.05, 4.69) is 20.8 Å². The molecule has 2 nitrogen and oxygen atoms in total. The van der Waals surface area contributed by atoms with E-state index in [1.54, 1.807) is 6.07 Å². The average Bonchev–Trinajstić information content (AvgIpc) is 2.27. The molecule has 0 atom stereocenters. The Bertz CT molecular complexity index is 398. The van der Waals surface area contributed by atoms with E-state index in [1.165, 1.54) is 6.07 Å². The van der Waals surface area contributed by atoms with Crippen LogP contribution in [0, 0.1) is 5.82 Å². The van der Waals surface area contributed by atoms with Crippen molar-refractivity contribution < 1.29 is 9.50 Å². The topological polar surface area (TPSA) is 23.5 Å². The molecule has 0 radical (unpaired) electrons. The van der Waals surface area contributed by atoms with Crippen molar-refractivity contribution in [2.24, 2.45) is 0 Å².